The van der Waals surface area contributed by atoms with E-state index in [0.717, 1.165) is 45.9 Å². The van der Waals surface area contributed by atoms with Crippen LogP contribution in [-0.2, 0) is 13.0 Å². The molecule has 0 fully saturated rings. The monoisotopic (exact) mass is 326 g/mol. The first-order valence-electron chi connectivity index (χ1n) is 7.99. The number of methoxy groups -OCH3 is 2. The standard InChI is InChI=1S/C19H22N2O3/c1-12-8-17(23-2)18(24-3)10-14(12)11-21-15-4-5-16-13(9-15)6-7-20-19(16)22/h4-5,8-10,21H,6-7,11H2,1-3H3,(H,20,22). The number of anilines is 1. The van der Waals surface area contributed by atoms with Gasteiger partial charge in [-0.3, -0.25) is 4.79 Å². The molecule has 0 unspecified atom stereocenters. The number of amides is 1. The molecule has 126 valence electrons. The van der Waals surface area contributed by atoms with Crippen molar-refractivity contribution >= 4 is 11.6 Å². The van der Waals surface area contributed by atoms with Gasteiger partial charge in [0.25, 0.3) is 5.91 Å². The van der Waals surface area contributed by atoms with Crippen LogP contribution >= 0.6 is 0 Å². The number of carbonyl (C=O) groups is 1. The van der Waals surface area contributed by atoms with Crippen LogP contribution < -0.4 is 20.1 Å². The minimum Gasteiger partial charge on any atom is -0.493 e. The van der Waals surface area contributed by atoms with E-state index in [1.54, 1.807) is 14.2 Å². The Balaban J connectivity index is 1.77. The number of nitrogens with one attached hydrogen (secondary N) is 2. The number of rotatable bonds is 5. The van der Waals surface area contributed by atoms with Crippen LogP contribution in [0.2, 0.25) is 0 Å². The minimum atomic E-state index is 0.0125. The van der Waals surface area contributed by atoms with Crippen molar-refractivity contribution in [2.75, 3.05) is 26.1 Å². The van der Waals surface area contributed by atoms with Gasteiger partial charge in [-0.05, 0) is 60.4 Å². The SMILES string of the molecule is COc1cc(C)c(CNc2ccc3c(c2)CCNC3=O)cc1OC. The Morgan fingerprint density at radius 2 is 1.88 bits per heavy atom. The van der Waals surface area contributed by atoms with Crippen LogP contribution in [-0.4, -0.2) is 26.7 Å². The third-order valence-corrected chi connectivity index (χ3v) is 4.35. The molecule has 1 amide bonds. The number of carbonyl (C=O) groups excluding carboxylic acids is 1. The first kappa shape index (κ1) is 16.2. The highest BCUT2D eigenvalue weighted by atomic mass is 16.5. The molecule has 0 spiro atoms. The van der Waals surface area contributed by atoms with Crippen molar-refractivity contribution in [1.29, 1.82) is 0 Å². The Morgan fingerprint density at radius 3 is 2.62 bits per heavy atom. The van der Waals surface area contributed by atoms with Crippen molar-refractivity contribution in [2.24, 2.45) is 0 Å². The topological polar surface area (TPSA) is 59.6 Å². The summed E-state index contributed by atoms with van der Waals surface area (Å²) < 4.78 is 10.7. The van der Waals surface area contributed by atoms with E-state index in [-0.39, 0.29) is 5.91 Å². The summed E-state index contributed by atoms with van der Waals surface area (Å²) in [5, 5.41) is 6.29. The van der Waals surface area contributed by atoms with Crippen LogP contribution in [0.25, 0.3) is 0 Å². The zero-order valence-electron chi connectivity index (χ0n) is 14.2. The van der Waals surface area contributed by atoms with Crippen LogP contribution in [0.5, 0.6) is 11.5 Å². The molecule has 1 aliphatic heterocycles. The molecule has 0 atom stereocenters. The molecule has 0 bridgehead atoms. The first-order valence-corrected chi connectivity index (χ1v) is 7.99. The summed E-state index contributed by atoms with van der Waals surface area (Å²) in [6.07, 6.45) is 0.867. The molecular weight excluding hydrogens is 304 g/mol. The Hall–Kier alpha value is -2.69. The van der Waals surface area contributed by atoms with Gasteiger partial charge in [-0.1, -0.05) is 0 Å². The maximum absolute atomic E-state index is 11.8. The fourth-order valence-electron chi connectivity index (χ4n) is 2.95. The molecule has 3 rings (SSSR count). The average Bonchev–Trinajstić information content (AvgIpc) is 2.60. The molecule has 5 nitrogen and oxygen atoms in total. The highest BCUT2D eigenvalue weighted by Gasteiger charge is 2.16. The van der Waals surface area contributed by atoms with Crippen LogP contribution in [0.3, 0.4) is 0 Å². The van der Waals surface area contributed by atoms with Crippen LogP contribution in [0.4, 0.5) is 5.69 Å². The molecule has 2 N–H and O–H groups in total. The molecule has 2 aromatic rings. The summed E-state index contributed by atoms with van der Waals surface area (Å²) in [5.41, 5.74) is 5.15. The molecule has 0 radical (unpaired) electrons. The Morgan fingerprint density at radius 1 is 1.12 bits per heavy atom. The van der Waals surface area contributed by atoms with Gasteiger partial charge in [-0.2, -0.15) is 0 Å². The average molecular weight is 326 g/mol. The second-order valence-electron chi connectivity index (χ2n) is 5.87. The third kappa shape index (κ3) is 3.15. The lowest BCUT2D eigenvalue weighted by atomic mass is 9.99. The number of hydrogen-bond acceptors (Lipinski definition) is 4. The maximum atomic E-state index is 11.8. The number of aryl methyl sites for hydroxylation is 1. The molecular formula is C19H22N2O3. The largest absolute Gasteiger partial charge is 0.493 e. The van der Waals surface area contributed by atoms with Gasteiger partial charge in [0.2, 0.25) is 0 Å². The van der Waals surface area contributed by atoms with Gasteiger partial charge in [0.1, 0.15) is 0 Å². The van der Waals surface area contributed by atoms with E-state index in [2.05, 4.69) is 23.6 Å². The molecule has 2 aromatic carbocycles. The van der Waals surface area contributed by atoms with Crippen LogP contribution in [0.1, 0.15) is 27.0 Å². The predicted octanol–water partition coefficient (Wildman–Crippen LogP) is 2.91. The normalized spacial score (nSPS) is 13.0. The summed E-state index contributed by atoms with van der Waals surface area (Å²) in [7, 11) is 3.28. The fraction of sp³-hybridized carbons (Fsp3) is 0.316. The smallest absolute Gasteiger partial charge is 0.251 e. The lowest BCUT2D eigenvalue weighted by Gasteiger charge is -2.18. The third-order valence-electron chi connectivity index (χ3n) is 4.35. The van der Waals surface area contributed by atoms with E-state index >= 15 is 0 Å². The predicted molar refractivity (Wildman–Crippen MR) is 94.1 cm³/mol. The zero-order chi connectivity index (χ0) is 17.1. The Kier molecular flexibility index (Phi) is 4.60. The summed E-state index contributed by atoms with van der Waals surface area (Å²) in [4.78, 5) is 11.8. The van der Waals surface area contributed by atoms with Crippen molar-refractivity contribution in [3.8, 4) is 11.5 Å². The molecule has 0 saturated carbocycles. The summed E-state index contributed by atoms with van der Waals surface area (Å²) in [6, 6.07) is 9.86. The highest BCUT2D eigenvalue weighted by molar-refractivity contribution is 5.97. The van der Waals surface area contributed by atoms with Crippen molar-refractivity contribution in [1.82, 2.24) is 5.32 Å². The van der Waals surface area contributed by atoms with Crippen molar-refractivity contribution in [3.05, 3.63) is 52.6 Å². The number of ether oxygens (including phenoxy) is 2. The second-order valence-corrected chi connectivity index (χ2v) is 5.87. The Labute approximate surface area is 142 Å². The summed E-state index contributed by atoms with van der Waals surface area (Å²) in [5.74, 6) is 1.47. The first-order chi connectivity index (χ1) is 11.6. The maximum Gasteiger partial charge on any atom is 0.251 e. The van der Waals surface area contributed by atoms with E-state index in [9.17, 15) is 4.79 Å². The second kappa shape index (κ2) is 6.83. The molecule has 1 heterocycles. The van der Waals surface area contributed by atoms with Gasteiger partial charge in [0.15, 0.2) is 11.5 Å². The minimum absolute atomic E-state index is 0.0125. The molecule has 0 saturated heterocycles. The van der Waals surface area contributed by atoms with Gasteiger partial charge < -0.3 is 20.1 Å². The zero-order valence-corrected chi connectivity index (χ0v) is 14.2. The molecule has 0 aliphatic carbocycles. The van der Waals surface area contributed by atoms with Crippen molar-refractivity contribution in [2.45, 2.75) is 19.9 Å². The van der Waals surface area contributed by atoms with Gasteiger partial charge >= 0.3 is 0 Å². The fourth-order valence-corrected chi connectivity index (χ4v) is 2.95. The van der Waals surface area contributed by atoms with E-state index in [4.69, 9.17) is 9.47 Å². The summed E-state index contributed by atoms with van der Waals surface area (Å²) in [6.45, 7) is 3.43. The number of hydrogen-bond donors (Lipinski definition) is 2. The quantitative estimate of drug-likeness (QED) is 0.887. The lowest BCUT2D eigenvalue weighted by molar-refractivity contribution is 0.0946. The molecule has 0 aromatic heterocycles. The molecule has 1 aliphatic rings. The van der Waals surface area contributed by atoms with Gasteiger partial charge in [0.05, 0.1) is 14.2 Å². The highest BCUT2D eigenvalue weighted by Crippen LogP contribution is 2.30. The number of fused-ring (bicyclic) bond motifs is 1. The molecule has 5 heteroatoms. The van der Waals surface area contributed by atoms with E-state index in [1.165, 1.54) is 0 Å². The van der Waals surface area contributed by atoms with E-state index in [0.29, 0.717) is 13.1 Å². The van der Waals surface area contributed by atoms with Crippen molar-refractivity contribution < 1.29 is 14.3 Å². The van der Waals surface area contributed by atoms with Gasteiger partial charge in [-0.25, -0.2) is 0 Å². The number of benzene rings is 2. The van der Waals surface area contributed by atoms with Gasteiger partial charge in [-0.15, -0.1) is 0 Å². The Bertz CT molecular complexity index is 771. The van der Waals surface area contributed by atoms with Gasteiger partial charge in [0, 0.05) is 24.3 Å². The van der Waals surface area contributed by atoms with Crippen molar-refractivity contribution in [3.63, 3.8) is 0 Å². The molecule has 24 heavy (non-hydrogen) atoms. The van der Waals surface area contributed by atoms with E-state index < -0.39 is 0 Å². The van der Waals surface area contributed by atoms with Crippen LogP contribution in [0, 0.1) is 6.92 Å². The van der Waals surface area contributed by atoms with Crippen LogP contribution in [0.15, 0.2) is 30.3 Å². The lowest BCUT2D eigenvalue weighted by Crippen LogP contribution is -2.31. The summed E-state index contributed by atoms with van der Waals surface area (Å²) >= 11 is 0. The van der Waals surface area contributed by atoms with E-state index in [1.807, 2.05) is 24.3 Å².